The van der Waals surface area contributed by atoms with Crippen molar-refractivity contribution in [3.05, 3.63) is 52.6 Å². The van der Waals surface area contributed by atoms with Crippen LogP contribution in [0.3, 0.4) is 0 Å². The predicted molar refractivity (Wildman–Crippen MR) is 99.5 cm³/mol. The van der Waals surface area contributed by atoms with Gasteiger partial charge in [-0.2, -0.15) is 0 Å². The van der Waals surface area contributed by atoms with E-state index in [0.717, 1.165) is 15.9 Å². The molecule has 0 aromatic carbocycles. The minimum Gasteiger partial charge on any atom is -0.370 e. The van der Waals surface area contributed by atoms with Gasteiger partial charge < -0.3 is 15.4 Å². The van der Waals surface area contributed by atoms with Gasteiger partial charge >= 0.3 is 0 Å². The summed E-state index contributed by atoms with van der Waals surface area (Å²) < 4.78 is 5.90. The summed E-state index contributed by atoms with van der Waals surface area (Å²) >= 11 is 1.24. The minimum absolute atomic E-state index is 0.214. The molecule has 9 heteroatoms. The SMILES string of the molecule is Cc1cnc(C(=O)N2CCO[C@H](c3c(C(N)=O)sc4ncccc34)C2)cn1. The maximum atomic E-state index is 12.8. The number of carbonyl (C=O) groups excluding carboxylic acids is 2. The quantitative estimate of drug-likeness (QED) is 0.737. The van der Waals surface area contributed by atoms with Gasteiger partial charge in [-0.15, -0.1) is 11.3 Å². The van der Waals surface area contributed by atoms with Gasteiger partial charge in [0.05, 0.1) is 25.0 Å². The fraction of sp³-hybridized carbons (Fsp3) is 0.278. The number of primary amides is 1. The number of nitrogens with two attached hydrogens (primary N) is 1. The topological polar surface area (TPSA) is 111 Å². The smallest absolute Gasteiger partial charge is 0.274 e. The van der Waals surface area contributed by atoms with Gasteiger partial charge in [0.1, 0.15) is 21.5 Å². The lowest BCUT2D eigenvalue weighted by atomic mass is 10.0. The van der Waals surface area contributed by atoms with Gasteiger partial charge in [0.15, 0.2) is 0 Å². The van der Waals surface area contributed by atoms with Crippen molar-refractivity contribution in [2.45, 2.75) is 13.0 Å². The van der Waals surface area contributed by atoms with Crippen LogP contribution in [0.25, 0.3) is 10.2 Å². The number of aromatic nitrogens is 3. The Labute approximate surface area is 159 Å². The molecule has 1 saturated heterocycles. The molecule has 4 rings (SSSR count). The van der Waals surface area contributed by atoms with Crippen LogP contribution < -0.4 is 5.73 Å². The van der Waals surface area contributed by atoms with E-state index >= 15 is 0 Å². The van der Waals surface area contributed by atoms with Crippen LogP contribution in [0.1, 0.15) is 37.5 Å². The summed E-state index contributed by atoms with van der Waals surface area (Å²) in [5, 5.41) is 0.825. The molecule has 1 aliphatic heterocycles. The molecule has 1 atom stereocenters. The summed E-state index contributed by atoms with van der Waals surface area (Å²) in [6, 6.07) is 3.69. The first kappa shape index (κ1) is 17.5. The Balaban J connectivity index is 1.66. The van der Waals surface area contributed by atoms with Crippen molar-refractivity contribution in [1.29, 1.82) is 0 Å². The molecule has 1 fully saturated rings. The number of hydrogen-bond acceptors (Lipinski definition) is 7. The highest BCUT2D eigenvalue weighted by Crippen LogP contribution is 2.37. The van der Waals surface area contributed by atoms with Gasteiger partial charge in [-0.1, -0.05) is 6.07 Å². The zero-order valence-electron chi connectivity index (χ0n) is 14.6. The fourth-order valence-corrected chi connectivity index (χ4v) is 4.17. The van der Waals surface area contributed by atoms with Crippen LogP contribution in [0.15, 0.2) is 30.7 Å². The lowest BCUT2D eigenvalue weighted by molar-refractivity contribution is -0.0224. The molecule has 0 bridgehead atoms. The minimum atomic E-state index is -0.524. The van der Waals surface area contributed by atoms with E-state index in [0.29, 0.717) is 30.1 Å². The molecule has 0 aliphatic carbocycles. The molecular formula is C18H17N5O3S. The molecule has 0 spiro atoms. The summed E-state index contributed by atoms with van der Waals surface area (Å²) in [6.45, 7) is 2.91. The van der Waals surface area contributed by atoms with Gasteiger partial charge in [-0.25, -0.2) is 9.97 Å². The number of aryl methyl sites for hydroxylation is 1. The molecule has 4 heterocycles. The van der Waals surface area contributed by atoms with Crippen molar-refractivity contribution in [2.24, 2.45) is 5.73 Å². The first-order valence-corrected chi connectivity index (χ1v) is 9.23. The molecule has 138 valence electrons. The van der Waals surface area contributed by atoms with Crippen molar-refractivity contribution in [3.63, 3.8) is 0 Å². The Morgan fingerprint density at radius 1 is 1.30 bits per heavy atom. The largest absolute Gasteiger partial charge is 0.370 e. The number of pyridine rings is 1. The van der Waals surface area contributed by atoms with Crippen molar-refractivity contribution in [1.82, 2.24) is 19.9 Å². The van der Waals surface area contributed by atoms with Crippen molar-refractivity contribution in [2.75, 3.05) is 19.7 Å². The van der Waals surface area contributed by atoms with E-state index in [9.17, 15) is 9.59 Å². The third kappa shape index (κ3) is 3.26. The summed E-state index contributed by atoms with van der Waals surface area (Å²) in [5.41, 5.74) is 7.30. The Morgan fingerprint density at radius 2 is 2.15 bits per heavy atom. The molecular weight excluding hydrogens is 366 g/mol. The second-order valence-electron chi connectivity index (χ2n) is 6.22. The van der Waals surface area contributed by atoms with E-state index in [1.807, 2.05) is 13.0 Å². The van der Waals surface area contributed by atoms with E-state index in [-0.39, 0.29) is 11.6 Å². The van der Waals surface area contributed by atoms with Gasteiger partial charge in [0.25, 0.3) is 11.8 Å². The third-order valence-corrected chi connectivity index (χ3v) is 5.55. The van der Waals surface area contributed by atoms with Crippen LogP contribution in [0.4, 0.5) is 0 Å². The molecule has 0 unspecified atom stereocenters. The van der Waals surface area contributed by atoms with Gasteiger partial charge in [0, 0.05) is 29.9 Å². The molecule has 3 aromatic heterocycles. The molecule has 2 N–H and O–H groups in total. The molecule has 0 radical (unpaired) electrons. The van der Waals surface area contributed by atoms with Crippen LogP contribution in [-0.4, -0.2) is 51.4 Å². The number of morpholine rings is 1. The lowest BCUT2D eigenvalue weighted by Gasteiger charge is -2.33. The Bertz CT molecular complexity index is 1020. The molecule has 0 saturated carbocycles. The maximum Gasteiger partial charge on any atom is 0.274 e. The molecule has 27 heavy (non-hydrogen) atoms. The maximum absolute atomic E-state index is 12.8. The average molecular weight is 383 g/mol. The number of carbonyl (C=O) groups is 2. The van der Waals surface area contributed by atoms with E-state index in [2.05, 4.69) is 15.0 Å². The third-order valence-electron chi connectivity index (χ3n) is 4.40. The highest BCUT2D eigenvalue weighted by molar-refractivity contribution is 7.20. The Hall–Kier alpha value is -2.91. The Morgan fingerprint density at radius 3 is 2.89 bits per heavy atom. The number of thiophene rings is 1. The summed E-state index contributed by atoms with van der Waals surface area (Å²) in [5.74, 6) is -0.737. The van der Waals surface area contributed by atoms with Crippen LogP contribution in [0, 0.1) is 6.92 Å². The molecule has 1 aliphatic rings. The zero-order chi connectivity index (χ0) is 19.0. The van der Waals surface area contributed by atoms with Crippen LogP contribution >= 0.6 is 11.3 Å². The summed E-state index contributed by atoms with van der Waals surface area (Å²) in [7, 11) is 0. The number of amides is 2. The lowest BCUT2D eigenvalue weighted by Crippen LogP contribution is -2.42. The summed E-state index contributed by atoms with van der Waals surface area (Å²) in [6.07, 6.45) is 4.25. The average Bonchev–Trinajstić information content (AvgIpc) is 3.08. The highest BCUT2D eigenvalue weighted by atomic mass is 32.1. The zero-order valence-corrected chi connectivity index (χ0v) is 15.4. The van der Waals surface area contributed by atoms with E-state index in [4.69, 9.17) is 10.5 Å². The molecule has 2 amide bonds. The predicted octanol–water partition coefficient (Wildman–Crippen LogP) is 1.71. The Kier molecular flexibility index (Phi) is 4.54. The highest BCUT2D eigenvalue weighted by Gasteiger charge is 2.32. The van der Waals surface area contributed by atoms with Crippen LogP contribution in [-0.2, 0) is 4.74 Å². The number of ether oxygens (including phenoxy) is 1. The number of hydrogen-bond donors (Lipinski definition) is 1. The first-order chi connectivity index (χ1) is 13.0. The number of nitrogens with zero attached hydrogens (tertiary/aromatic N) is 4. The van der Waals surface area contributed by atoms with E-state index in [1.165, 1.54) is 17.5 Å². The van der Waals surface area contributed by atoms with Crippen molar-refractivity contribution < 1.29 is 14.3 Å². The van der Waals surface area contributed by atoms with Crippen molar-refractivity contribution in [3.8, 4) is 0 Å². The molecule has 8 nitrogen and oxygen atoms in total. The van der Waals surface area contributed by atoms with Gasteiger partial charge in [0.2, 0.25) is 0 Å². The van der Waals surface area contributed by atoms with Crippen LogP contribution in [0.2, 0.25) is 0 Å². The summed E-state index contributed by atoms with van der Waals surface area (Å²) in [4.78, 5) is 40.1. The first-order valence-electron chi connectivity index (χ1n) is 8.41. The fourth-order valence-electron chi connectivity index (χ4n) is 3.13. The second-order valence-corrected chi connectivity index (χ2v) is 7.22. The van der Waals surface area contributed by atoms with Crippen molar-refractivity contribution >= 4 is 33.4 Å². The van der Waals surface area contributed by atoms with Crippen LogP contribution in [0.5, 0.6) is 0 Å². The van der Waals surface area contributed by atoms with Gasteiger partial charge in [-0.3, -0.25) is 14.6 Å². The van der Waals surface area contributed by atoms with E-state index in [1.54, 1.807) is 23.4 Å². The number of fused-ring (bicyclic) bond motifs is 1. The monoisotopic (exact) mass is 383 g/mol. The second kappa shape index (κ2) is 7.01. The van der Waals surface area contributed by atoms with E-state index < -0.39 is 12.0 Å². The normalized spacial score (nSPS) is 17.2. The molecule has 3 aromatic rings. The standard InChI is InChI=1S/C18H17N5O3S/c1-10-7-22-12(8-21-10)18(25)23-5-6-26-13(9-23)14-11-3-2-4-20-17(11)27-15(14)16(19)24/h2-4,7-8,13H,5-6,9H2,1H3,(H2,19,24)/t13-/m0/s1. The number of rotatable bonds is 3. The van der Waals surface area contributed by atoms with Gasteiger partial charge in [-0.05, 0) is 13.0 Å².